The van der Waals surface area contributed by atoms with Gasteiger partial charge in [0.15, 0.2) is 0 Å². The topological polar surface area (TPSA) is 67.4 Å². The normalized spacial score (nSPS) is 11.9. The zero-order valence-electron chi connectivity index (χ0n) is 13.2. The van der Waals surface area contributed by atoms with Crippen LogP contribution in [0.4, 0.5) is 9.18 Å². The van der Waals surface area contributed by atoms with Crippen LogP contribution in [0.1, 0.15) is 37.6 Å². The average molecular weight is 310 g/mol. The number of alkyl carbamates (subject to hydrolysis) is 1. The monoisotopic (exact) mass is 310 g/mol. The first-order chi connectivity index (χ1) is 10.4. The Hall–Kier alpha value is -2.11. The number of hydrogen-bond donors (Lipinski definition) is 2. The molecule has 1 atom stereocenters. The first kappa shape index (κ1) is 17.9. The summed E-state index contributed by atoms with van der Waals surface area (Å²) in [5.41, 5.74) is 0.249. The molecule has 0 heterocycles. The molecule has 0 aliphatic rings. The van der Waals surface area contributed by atoms with E-state index in [2.05, 4.69) is 10.6 Å². The second-order valence-electron chi connectivity index (χ2n) is 5.41. The van der Waals surface area contributed by atoms with Crippen molar-refractivity contribution in [2.45, 2.75) is 33.2 Å². The lowest BCUT2D eigenvalue weighted by Gasteiger charge is -2.20. The third kappa shape index (κ3) is 6.56. The minimum Gasteiger partial charge on any atom is -0.450 e. The van der Waals surface area contributed by atoms with Crippen LogP contribution in [-0.4, -0.2) is 31.2 Å². The van der Waals surface area contributed by atoms with Gasteiger partial charge in [-0.1, -0.05) is 19.9 Å². The fourth-order valence-electron chi connectivity index (χ4n) is 2.05. The quantitative estimate of drug-likeness (QED) is 0.813. The predicted octanol–water partition coefficient (Wildman–Crippen LogP) is 2.72. The smallest absolute Gasteiger partial charge is 0.407 e. The van der Waals surface area contributed by atoms with E-state index in [1.807, 2.05) is 13.8 Å². The van der Waals surface area contributed by atoms with Gasteiger partial charge < -0.3 is 15.4 Å². The van der Waals surface area contributed by atoms with Gasteiger partial charge in [0.2, 0.25) is 0 Å². The van der Waals surface area contributed by atoms with E-state index in [1.165, 1.54) is 24.3 Å². The average Bonchev–Trinajstić information content (AvgIpc) is 2.44. The first-order valence-electron chi connectivity index (χ1n) is 7.39. The Morgan fingerprint density at radius 1 is 1.32 bits per heavy atom. The van der Waals surface area contributed by atoms with Crippen LogP contribution >= 0.6 is 0 Å². The molecular formula is C16H23FN2O3. The Balaban J connectivity index is 2.58. The molecule has 5 nitrogen and oxygen atoms in total. The van der Waals surface area contributed by atoms with Gasteiger partial charge in [-0.2, -0.15) is 0 Å². The maximum Gasteiger partial charge on any atom is 0.407 e. The molecule has 1 rings (SSSR count). The zero-order chi connectivity index (χ0) is 16.5. The van der Waals surface area contributed by atoms with Crippen LogP contribution in [0.5, 0.6) is 0 Å². The van der Waals surface area contributed by atoms with E-state index >= 15 is 0 Å². The molecule has 2 N–H and O–H groups in total. The highest BCUT2D eigenvalue weighted by molar-refractivity contribution is 5.94. The van der Waals surface area contributed by atoms with Crippen LogP contribution in [0.2, 0.25) is 0 Å². The van der Waals surface area contributed by atoms with E-state index in [4.69, 9.17) is 4.74 Å². The van der Waals surface area contributed by atoms with Gasteiger partial charge >= 0.3 is 6.09 Å². The summed E-state index contributed by atoms with van der Waals surface area (Å²) in [6.45, 7) is 6.31. The number of benzene rings is 1. The van der Waals surface area contributed by atoms with Crippen LogP contribution < -0.4 is 10.6 Å². The SMILES string of the molecule is CCOC(=O)NC(CNC(=O)c1cccc(F)c1)CC(C)C. The van der Waals surface area contributed by atoms with Gasteiger partial charge in [-0.15, -0.1) is 0 Å². The molecule has 1 aromatic rings. The molecule has 2 amide bonds. The molecule has 0 saturated heterocycles. The van der Waals surface area contributed by atoms with Crippen molar-refractivity contribution in [1.82, 2.24) is 10.6 Å². The van der Waals surface area contributed by atoms with Crippen LogP contribution in [0.25, 0.3) is 0 Å². The predicted molar refractivity (Wildman–Crippen MR) is 82.1 cm³/mol. The van der Waals surface area contributed by atoms with Crippen molar-refractivity contribution in [2.75, 3.05) is 13.2 Å². The van der Waals surface area contributed by atoms with E-state index in [-0.39, 0.29) is 30.7 Å². The van der Waals surface area contributed by atoms with Crippen molar-refractivity contribution >= 4 is 12.0 Å². The lowest BCUT2D eigenvalue weighted by Crippen LogP contribution is -2.44. The van der Waals surface area contributed by atoms with Gasteiger partial charge in [-0.3, -0.25) is 4.79 Å². The second kappa shape index (κ2) is 9.02. The molecule has 22 heavy (non-hydrogen) atoms. The van der Waals surface area contributed by atoms with E-state index in [0.29, 0.717) is 12.3 Å². The van der Waals surface area contributed by atoms with Crippen molar-refractivity contribution in [2.24, 2.45) is 5.92 Å². The van der Waals surface area contributed by atoms with Crippen molar-refractivity contribution < 1.29 is 18.7 Å². The fourth-order valence-corrected chi connectivity index (χ4v) is 2.05. The summed E-state index contributed by atoms with van der Waals surface area (Å²) < 4.78 is 18.0. The van der Waals surface area contributed by atoms with E-state index < -0.39 is 11.9 Å². The molecule has 0 radical (unpaired) electrons. The summed E-state index contributed by atoms with van der Waals surface area (Å²) >= 11 is 0. The Morgan fingerprint density at radius 2 is 2.05 bits per heavy atom. The van der Waals surface area contributed by atoms with Gasteiger partial charge in [0.05, 0.1) is 6.61 Å². The number of carbonyl (C=O) groups is 2. The molecule has 0 aliphatic heterocycles. The Kier molecular flexibility index (Phi) is 7.36. The third-order valence-electron chi connectivity index (χ3n) is 2.95. The van der Waals surface area contributed by atoms with Gasteiger partial charge in [-0.25, -0.2) is 9.18 Å². The van der Waals surface area contributed by atoms with Crippen LogP contribution in [0, 0.1) is 11.7 Å². The third-order valence-corrected chi connectivity index (χ3v) is 2.95. The molecule has 0 spiro atoms. The van der Waals surface area contributed by atoms with Crippen LogP contribution in [0.3, 0.4) is 0 Å². The lowest BCUT2D eigenvalue weighted by molar-refractivity contribution is 0.0944. The van der Waals surface area contributed by atoms with E-state index in [1.54, 1.807) is 6.92 Å². The Bertz CT molecular complexity index is 506. The van der Waals surface area contributed by atoms with Crippen molar-refractivity contribution in [3.8, 4) is 0 Å². The number of carbonyl (C=O) groups excluding carboxylic acids is 2. The molecule has 0 saturated carbocycles. The highest BCUT2D eigenvalue weighted by Gasteiger charge is 2.16. The molecule has 0 fully saturated rings. The number of halogens is 1. The van der Waals surface area contributed by atoms with E-state index in [9.17, 15) is 14.0 Å². The second-order valence-corrected chi connectivity index (χ2v) is 5.41. The summed E-state index contributed by atoms with van der Waals surface area (Å²) in [5, 5.41) is 5.42. The summed E-state index contributed by atoms with van der Waals surface area (Å²) in [4.78, 5) is 23.5. The molecule has 1 unspecified atom stereocenters. The molecule has 0 bridgehead atoms. The highest BCUT2D eigenvalue weighted by Crippen LogP contribution is 2.06. The first-order valence-corrected chi connectivity index (χ1v) is 7.39. The summed E-state index contributed by atoms with van der Waals surface area (Å²) in [6, 6.07) is 5.23. The van der Waals surface area contributed by atoms with Crippen molar-refractivity contribution in [3.63, 3.8) is 0 Å². The van der Waals surface area contributed by atoms with Gasteiger partial charge in [0, 0.05) is 18.2 Å². The molecule has 122 valence electrons. The minimum atomic E-state index is -0.506. The summed E-state index contributed by atoms with van der Waals surface area (Å²) in [5.74, 6) is -0.493. The van der Waals surface area contributed by atoms with Crippen molar-refractivity contribution in [1.29, 1.82) is 0 Å². The van der Waals surface area contributed by atoms with Gasteiger partial charge in [0.25, 0.3) is 5.91 Å². The Morgan fingerprint density at radius 3 is 2.64 bits per heavy atom. The number of hydrogen-bond acceptors (Lipinski definition) is 3. The number of ether oxygens (including phenoxy) is 1. The fraction of sp³-hybridized carbons (Fsp3) is 0.500. The highest BCUT2D eigenvalue weighted by atomic mass is 19.1. The standard InChI is InChI=1S/C16H23FN2O3/c1-4-22-16(21)19-14(8-11(2)3)10-18-15(20)12-6-5-7-13(17)9-12/h5-7,9,11,14H,4,8,10H2,1-3H3,(H,18,20)(H,19,21). The number of nitrogens with one attached hydrogen (secondary N) is 2. The molecular weight excluding hydrogens is 287 g/mol. The molecule has 0 aliphatic carbocycles. The van der Waals surface area contributed by atoms with E-state index in [0.717, 1.165) is 0 Å². The molecule has 6 heteroatoms. The van der Waals surface area contributed by atoms with Gasteiger partial charge in [0.1, 0.15) is 5.82 Å². The number of amides is 2. The summed E-state index contributed by atoms with van der Waals surface area (Å²) in [6.07, 6.45) is 0.190. The molecule has 0 aromatic heterocycles. The zero-order valence-corrected chi connectivity index (χ0v) is 13.2. The largest absolute Gasteiger partial charge is 0.450 e. The van der Waals surface area contributed by atoms with Crippen LogP contribution in [-0.2, 0) is 4.74 Å². The minimum absolute atomic E-state index is 0.239. The lowest BCUT2D eigenvalue weighted by atomic mass is 10.0. The van der Waals surface area contributed by atoms with Crippen molar-refractivity contribution in [3.05, 3.63) is 35.6 Å². The maximum atomic E-state index is 13.1. The number of rotatable bonds is 7. The van der Waals surface area contributed by atoms with Gasteiger partial charge in [-0.05, 0) is 37.5 Å². The molecule has 1 aromatic carbocycles. The Labute approximate surface area is 130 Å². The maximum absolute atomic E-state index is 13.1. The van der Waals surface area contributed by atoms with Crippen LogP contribution in [0.15, 0.2) is 24.3 Å². The summed E-state index contributed by atoms with van der Waals surface area (Å²) in [7, 11) is 0.